The van der Waals surface area contributed by atoms with Gasteiger partial charge in [-0.05, 0) is 147 Å². The van der Waals surface area contributed by atoms with Gasteiger partial charge in [0.05, 0.1) is 0 Å². The quantitative estimate of drug-likeness (QED) is 0.123. The Morgan fingerprint density at radius 1 is 0.765 bits per heavy atom. The summed E-state index contributed by atoms with van der Waals surface area (Å²) in [5, 5.41) is 19.2. The normalized spacial score (nSPS) is 17.6. The highest BCUT2D eigenvalue weighted by atomic mass is 16.4. The SMILES string of the molecule is CNCc1cnc(C(=O)Nc2cccc(-c3cccc(NC(=O)c4cc(C5CC5)c(CN5CCCC[C@H]5C(=O)O)cn4)c3C)c2C)cc1C1CC1. The number of nitrogens with zero attached hydrogens (tertiary/aromatic N) is 3. The van der Waals surface area contributed by atoms with E-state index in [1.807, 2.05) is 80.5 Å². The number of pyridine rings is 2. The first-order chi connectivity index (χ1) is 24.7. The molecule has 10 heteroatoms. The predicted molar refractivity (Wildman–Crippen MR) is 198 cm³/mol. The van der Waals surface area contributed by atoms with Crippen LogP contribution in [0.15, 0.2) is 60.9 Å². The number of carbonyl (C=O) groups is 3. The van der Waals surface area contributed by atoms with Crippen LogP contribution in [0.5, 0.6) is 0 Å². The standard InChI is InChI=1S/C41H46N6O4/c1-24-30(8-6-10-34(24)45-39(48)36-18-32(26-13-14-26)28(20-42-3)21-43-36)31-9-7-11-35(25(31)2)46-40(49)37-19-33(27-15-16-27)29(22-44-37)23-47-17-5-4-12-38(47)41(50)51/h6-11,18-19,21-22,26-27,38,42H,4-5,12-17,20,23H2,1-3H3,(H,45,48)(H,46,49)(H,50,51)/t38-/m0/s1. The Hall–Kier alpha value is -4.93. The summed E-state index contributed by atoms with van der Waals surface area (Å²) >= 11 is 0. The van der Waals surface area contributed by atoms with Crippen molar-refractivity contribution in [3.63, 3.8) is 0 Å². The molecule has 3 heterocycles. The molecule has 264 valence electrons. The van der Waals surface area contributed by atoms with Gasteiger partial charge >= 0.3 is 5.97 Å². The van der Waals surface area contributed by atoms with Gasteiger partial charge in [-0.15, -0.1) is 0 Å². The third kappa shape index (κ3) is 7.57. The number of aromatic nitrogens is 2. The van der Waals surface area contributed by atoms with Crippen LogP contribution >= 0.6 is 0 Å². The first kappa shape index (κ1) is 34.5. The van der Waals surface area contributed by atoms with E-state index in [0.717, 1.165) is 90.6 Å². The van der Waals surface area contributed by atoms with E-state index in [0.29, 0.717) is 47.6 Å². The molecule has 10 nitrogen and oxygen atoms in total. The summed E-state index contributed by atoms with van der Waals surface area (Å²) in [6, 6.07) is 15.0. The number of carbonyl (C=O) groups excluding carboxylic acids is 2. The first-order valence-corrected chi connectivity index (χ1v) is 18.1. The summed E-state index contributed by atoms with van der Waals surface area (Å²) < 4.78 is 0. The number of hydrogen-bond donors (Lipinski definition) is 4. The highest BCUT2D eigenvalue weighted by Crippen LogP contribution is 2.43. The van der Waals surface area contributed by atoms with Crippen molar-refractivity contribution in [3.8, 4) is 11.1 Å². The van der Waals surface area contributed by atoms with Gasteiger partial charge < -0.3 is 21.1 Å². The maximum Gasteiger partial charge on any atom is 0.320 e. The van der Waals surface area contributed by atoms with Gasteiger partial charge in [0.15, 0.2) is 0 Å². The van der Waals surface area contributed by atoms with E-state index in [4.69, 9.17) is 0 Å². The molecule has 0 unspecified atom stereocenters. The highest BCUT2D eigenvalue weighted by Gasteiger charge is 2.32. The van der Waals surface area contributed by atoms with Gasteiger partial charge in [0.25, 0.3) is 11.8 Å². The lowest BCUT2D eigenvalue weighted by molar-refractivity contribution is -0.144. The van der Waals surface area contributed by atoms with Crippen LogP contribution in [0.3, 0.4) is 0 Å². The highest BCUT2D eigenvalue weighted by molar-refractivity contribution is 6.05. The minimum Gasteiger partial charge on any atom is -0.480 e. The van der Waals surface area contributed by atoms with Crippen LogP contribution in [0, 0.1) is 13.8 Å². The van der Waals surface area contributed by atoms with Crippen molar-refractivity contribution in [1.82, 2.24) is 20.2 Å². The Kier molecular flexibility index (Phi) is 9.97. The molecule has 2 aliphatic carbocycles. The van der Waals surface area contributed by atoms with Gasteiger partial charge in [0.1, 0.15) is 17.4 Å². The lowest BCUT2D eigenvalue weighted by atomic mass is 9.94. The number of carboxylic acids is 1. The fourth-order valence-corrected chi connectivity index (χ4v) is 7.44. The number of rotatable bonds is 12. The number of carboxylic acid groups (broad SMARTS) is 1. The Bertz CT molecular complexity index is 1990. The Balaban J connectivity index is 1.08. The zero-order valence-electron chi connectivity index (χ0n) is 29.6. The number of benzene rings is 2. The van der Waals surface area contributed by atoms with E-state index in [9.17, 15) is 19.5 Å². The Morgan fingerprint density at radius 2 is 1.29 bits per heavy atom. The van der Waals surface area contributed by atoms with E-state index in [2.05, 4.69) is 25.9 Å². The van der Waals surface area contributed by atoms with Crippen LogP contribution in [0.25, 0.3) is 11.1 Å². The molecule has 0 radical (unpaired) electrons. The maximum atomic E-state index is 13.6. The Morgan fingerprint density at radius 3 is 1.80 bits per heavy atom. The van der Waals surface area contributed by atoms with Gasteiger partial charge in [-0.1, -0.05) is 30.7 Å². The van der Waals surface area contributed by atoms with Crippen LogP contribution in [0.2, 0.25) is 0 Å². The molecule has 2 amide bonds. The average Bonchev–Trinajstić information content (AvgIpc) is 4.06. The summed E-state index contributed by atoms with van der Waals surface area (Å²) in [5.74, 6) is -0.440. The zero-order chi connectivity index (χ0) is 35.6. The second-order valence-electron chi connectivity index (χ2n) is 14.3. The largest absolute Gasteiger partial charge is 0.480 e. The van der Waals surface area contributed by atoms with Crippen molar-refractivity contribution in [2.75, 3.05) is 24.2 Å². The molecule has 1 saturated heterocycles. The smallest absolute Gasteiger partial charge is 0.320 e. The molecule has 1 aliphatic heterocycles. The van der Waals surface area contributed by atoms with Crippen molar-refractivity contribution in [2.45, 2.75) is 89.8 Å². The molecule has 7 rings (SSSR count). The van der Waals surface area contributed by atoms with E-state index in [-0.39, 0.29) is 11.8 Å². The fraction of sp³-hybridized carbons (Fsp3) is 0.390. The molecule has 2 aromatic heterocycles. The first-order valence-electron chi connectivity index (χ1n) is 18.1. The second-order valence-corrected chi connectivity index (χ2v) is 14.3. The molecule has 3 aliphatic rings. The molecule has 1 atom stereocenters. The van der Waals surface area contributed by atoms with Gasteiger partial charge in [0.2, 0.25) is 0 Å². The van der Waals surface area contributed by atoms with Crippen LogP contribution in [0.4, 0.5) is 11.4 Å². The predicted octanol–water partition coefficient (Wildman–Crippen LogP) is 7.18. The minimum absolute atomic E-state index is 0.243. The lowest BCUT2D eigenvalue weighted by Gasteiger charge is -2.33. The maximum absolute atomic E-state index is 13.6. The monoisotopic (exact) mass is 686 g/mol. The number of likely N-dealkylation sites (tertiary alicyclic amines) is 1. The number of hydrogen-bond acceptors (Lipinski definition) is 7. The number of piperidine rings is 1. The van der Waals surface area contributed by atoms with Crippen molar-refractivity contribution in [3.05, 3.63) is 106 Å². The molecule has 2 aromatic carbocycles. The third-order valence-corrected chi connectivity index (χ3v) is 10.6. The number of anilines is 2. The Labute approximate surface area is 299 Å². The molecule has 0 bridgehead atoms. The van der Waals surface area contributed by atoms with Gasteiger partial charge in [-0.25, -0.2) is 0 Å². The van der Waals surface area contributed by atoms with E-state index in [1.54, 1.807) is 6.20 Å². The summed E-state index contributed by atoms with van der Waals surface area (Å²) in [4.78, 5) is 50.1. The number of aliphatic carboxylic acids is 1. The third-order valence-electron chi connectivity index (χ3n) is 10.6. The summed E-state index contributed by atoms with van der Waals surface area (Å²) in [6.07, 6.45) is 10.5. The molecule has 0 spiro atoms. The topological polar surface area (TPSA) is 137 Å². The van der Waals surface area contributed by atoms with Crippen molar-refractivity contribution < 1.29 is 19.5 Å². The van der Waals surface area contributed by atoms with Gasteiger partial charge in [-0.2, -0.15) is 0 Å². The van der Waals surface area contributed by atoms with E-state index in [1.165, 1.54) is 5.56 Å². The van der Waals surface area contributed by atoms with E-state index < -0.39 is 12.0 Å². The average molecular weight is 687 g/mol. The van der Waals surface area contributed by atoms with Crippen molar-refractivity contribution >= 4 is 29.2 Å². The molecule has 3 fully saturated rings. The molecular formula is C41H46N6O4. The summed E-state index contributed by atoms with van der Waals surface area (Å²) in [6.45, 7) is 5.97. The van der Waals surface area contributed by atoms with Crippen LogP contribution < -0.4 is 16.0 Å². The van der Waals surface area contributed by atoms with Crippen molar-refractivity contribution in [2.24, 2.45) is 0 Å². The second kappa shape index (κ2) is 14.7. The number of nitrogens with one attached hydrogen (secondary N) is 3. The van der Waals surface area contributed by atoms with E-state index >= 15 is 0 Å². The summed E-state index contributed by atoms with van der Waals surface area (Å²) in [7, 11) is 1.91. The molecular weight excluding hydrogens is 640 g/mol. The molecule has 4 aromatic rings. The molecule has 2 saturated carbocycles. The molecule has 4 N–H and O–H groups in total. The fourth-order valence-electron chi connectivity index (χ4n) is 7.44. The molecule has 51 heavy (non-hydrogen) atoms. The summed E-state index contributed by atoms with van der Waals surface area (Å²) in [5.41, 5.74) is 10.3. The van der Waals surface area contributed by atoms with Crippen LogP contribution in [0.1, 0.15) is 111 Å². The van der Waals surface area contributed by atoms with Crippen LogP contribution in [-0.4, -0.2) is 57.4 Å². The minimum atomic E-state index is -0.776. The van der Waals surface area contributed by atoms with Crippen molar-refractivity contribution in [1.29, 1.82) is 0 Å². The lowest BCUT2D eigenvalue weighted by Crippen LogP contribution is -2.44. The van der Waals surface area contributed by atoms with Gasteiger partial charge in [0, 0.05) is 36.9 Å². The van der Waals surface area contributed by atoms with Gasteiger partial charge in [-0.3, -0.25) is 29.3 Å². The zero-order valence-corrected chi connectivity index (χ0v) is 29.6. The number of amides is 2. The van der Waals surface area contributed by atoms with Crippen LogP contribution in [-0.2, 0) is 17.9 Å².